The number of aliphatic hydroxyl groups is 1. The first-order valence-electron chi connectivity index (χ1n) is 5.45. The van der Waals surface area contributed by atoms with Gasteiger partial charge in [0.2, 0.25) is 0 Å². The van der Waals surface area contributed by atoms with Gasteiger partial charge in [0.05, 0.1) is 17.1 Å². The van der Waals surface area contributed by atoms with Crippen molar-refractivity contribution in [3.63, 3.8) is 0 Å². The summed E-state index contributed by atoms with van der Waals surface area (Å²) in [5.41, 5.74) is -1.74. The number of carbonyl (C=O) groups is 1. The standard InChI is InChI=1S/C12H9NO7/c1-5-8(4-14)9(13(18)19)3-6-2-7(11(15)16)12(17)20-10(5)6/h2-3,14H,4H2,1H3,(H,15,16). The molecule has 1 aromatic carbocycles. The van der Waals surface area contributed by atoms with E-state index in [1.807, 2.05) is 0 Å². The van der Waals surface area contributed by atoms with Crippen LogP contribution in [0.2, 0.25) is 0 Å². The maximum atomic E-state index is 11.5. The molecule has 0 saturated carbocycles. The molecule has 0 spiro atoms. The summed E-state index contributed by atoms with van der Waals surface area (Å²) in [6.07, 6.45) is 0. The average molecular weight is 279 g/mol. The van der Waals surface area contributed by atoms with Gasteiger partial charge in [0, 0.05) is 17.0 Å². The fourth-order valence-corrected chi connectivity index (χ4v) is 1.96. The number of rotatable bonds is 3. The molecular formula is C12H9NO7. The van der Waals surface area contributed by atoms with Crippen molar-refractivity contribution in [3.05, 3.63) is 49.4 Å². The Morgan fingerprint density at radius 2 is 2.10 bits per heavy atom. The maximum absolute atomic E-state index is 11.5. The van der Waals surface area contributed by atoms with E-state index in [1.54, 1.807) is 0 Å². The van der Waals surface area contributed by atoms with Crippen molar-refractivity contribution in [3.8, 4) is 0 Å². The number of benzene rings is 1. The highest BCUT2D eigenvalue weighted by molar-refractivity contribution is 5.93. The highest BCUT2D eigenvalue weighted by atomic mass is 16.6. The first kappa shape index (κ1) is 13.7. The van der Waals surface area contributed by atoms with E-state index < -0.39 is 28.7 Å². The third-order valence-corrected chi connectivity index (χ3v) is 2.96. The van der Waals surface area contributed by atoms with Gasteiger partial charge in [-0.25, -0.2) is 9.59 Å². The Balaban J connectivity index is 2.94. The number of hydrogen-bond donors (Lipinski definition) is 2. The van der Waals surface area contributed by atoms with Gasteiger partial charge < -0.3 is 14.6 Å². The Morgan fingerprint density at radius 1 is 1.45 bits per heavy atom. The van der Waals surface area contributed by atoms with Crippen LogP contribution in [-0.4, -0.2) is 21.1 Å². The van der Waals surface area contributed by atoms with Gasteiger partial charge in [0.1, 0.15) is 11.1 Å². The van der Waals surface area contributed by atoms with E-state index in [2.05, 4.69) is 0 Å². The lowest BCUT2D eigenvalue weighted by Crippen LogP contribution is -2.13. The molecule has 1 heterocycles. The van der Waals surface area contributed by atoms with Crippen LogP contribution >= 0.6 is 0 Å². The van der Waals surface area contributed by atoms with Gasteiger partial charge in [-0.15, -0.1) is 0 Å². The van der Waals surface area contributed by atoms with E-state index in [-0.39, 0.29) is 27.8 Å². The first-order chi connectivity index (χ1) is 9.36. The van der Waals surface area contributed by atoms with Crippen molar-refractivity contribution in [1.29, 1.82) is 0 Å². The molecule has 8 heteroatoms. The minimum absolute atomic E-state index is 0.0220. The number of carboxylic acid groups (broad SMARTS) is 1. The number of nitro benzene ring substituents is 1. The van der Waals surface area contributed by atoms with Crippen LogP contribution in [0.5, 0.6) is 0 Å². The zero-order valence-electron chi connectivity index (χ0n) is 10.2. The fourth-order valence-electron chi connectivity index (χ4n) is 1.96. The zero-order valence-corrected chi connectivity index (χ0v) is 10.2. The second-order valence-electron chi connectivity index (χ2n) is 4.09. The topological polar surface area (TPSA) is 131 Å². The molecule has 104 valence electrons. The molecule has 0 aliphatic carbocycles. The smallest absolute Gasteiger partial charge is 0.351 e. The summed E-state index contributed by atoms with van der Waals surface area (Å²) in [6.45, 7) is 0.854. The Hall–Kier alpha value is -2.74. The SMILES string of the molecule is Cc1c(CO)c([N+](=O)[O-])cc2cc(C(=O)O)c(=O)oc12. The van der Waals surface area contributed by atoms with Crippen LogP contribution in [0.25, 0.3) is 11.0 Å². The Morgan fingerprint density at radius 3 is 2.60 bits per heavy atom. The number of aliphatic hydroxyl groups excluding tert-OH is 1. The van der Waals surface area contributed by atoms with Gasteiger partial charge in [-0.2, -0.15) is 0 Å². The highest BCUT2D eigenvalue weighted by Gasteiger charge is 2.22. The maximum Gasteiger partial charge on any atom is 0.351 e. The molecule has 0 radical (unpaired) electrons. The van der Waals surface area contributed by atoms with Crippen LogP contribution in [0, 0.1) is 17.0 Å². The van der Waals surface area contributed by atoms with Crippen LogP contribution in [-0.2, 0) is 6.61 Å². The Labute approximate surface area is 111 Å². The summed E-state index contributed by atoms with van der Waals surface area (Å²) in [6, 6.07) is 2.09. The Kier molecular flexibility index (Phi) is 3.24. The molecule has 2 aromatic rings. The molecule has 20 heavy (non-hydrogen) atoms. The number of aryl methyl sites for hydroxylation is 1. The summed E-state index contributed by atoms with van der Waals surface area (Å²) >= 11 is 0. The van der Waals surface area contributed by atoms with Gasteiger partial charge in [-0.1, -0.05) is 0 Å². The molecule has 0 saturated heterocycles. The van der Waals surface area contributed by atoms with E-state index in [4.69, 9.17) is 9.52 Å². The fraction of sp³-hybridized carbons (Fsp3) is 0.167. The van der Waals surface area contributed by atoms with Crippen LogP contribution < -0.4 is 5.63 Å². The number of nitro groups is 1. The third kappa shape index (κ3) is 2.01. The number of nitrogens with zero attached hydrogens (tertiary/aromatic N) is 1. The van der Waals surface area contributed by atoms with Crippen molar-refractivity contribution < 1.29 is 24.3 Å². The summed E-state index contributed by atoms with van der Waals surface area (Å²) < 4.78 is 4.89. The van der Waals surface area contributed by atoms with E-state index in [0.717, 1.165) is 12.1 Å². The number of fused-ring (bicyclic) bond motifs is 1. The molecular weight excluding hydrogens is 270 g/mol. The molecule has 1 aromatic heterocycles. The van der Waals surface area contributed by atoms with E-state index in [9.17, 15) is 24.8 Å². The quantitative estimate of drug-likeness (QED) is 0.490. The first-order valence-corrected chi connectivity index (χ1v) is 5.45. The van der Waals surface area contributed by atoms with E-state index in [0.29, 0.717) is 0 Å². The largest absolute Gasteiger partial charge is 0.477 e. The summed E-state index contributed by atoms with van der Waals surface area (Å²) in [5.74, 6) is -1.48. The van der Waals surface area contributed by atoms with Gasteiger partial charge in [-0.3, -0.25) is 10.1 Å². The zero-order chi connectivity index (χ0) is 15.0. The lowest BCUT2D eigenvalue weighted by atomic mass is 10.0. The number of hydrogen-bond acceptors (Lipinski definition) is 6. The van der Waals surface area contributed by atoms with Crippen molar-refractivity contribution >= 4 is 22.6 Å². The van der Waals surface area contributed by atoms with Crippen molar-refractivity contribution in [2.45, 2.75) is 13.5 Å². The molecule has 2 rings (SSSR count). The Bertz CT molecular complexity index is 790. The lowest BCUT2D eigenvalue weighted by Gasteiger charge is -2.07. The van der Waals surface area contributed by atoms with Crippen molar-refractivity contribution in [2.75, 3.05) is 0 Å². The van der Waals surface area contributed by atoms with Gasteiger partial charge >= 0.3 is 11.6 Å². The van der Waals surface area contributed by atoms with Gasteiger partial charge in [0.15, 0.2) is 0 Å². The summed E-state index contributed by atoms with van der Waals surface area (Å²) in [4.78, 5) is 32.6. The normalized spacial score (nSPS) is 10.7. The highest BCUT2D eigenvalue weighted by Crippen LogP contribution is 2.30. The van der Waals surface area contributed by atoms with Crippen molar-refractivity contribution in [2.24, 2.45) is 0 Å². The molecule has 0 fully saturated rings. The van der Waals surface area contributed by atoms with Crippen LogP contribution in [0.1, 0.15) is 21.5 Å². The predicted molar refractivity (Wildman–Crippen MR) is 66.8 cm³/mol. The van der Waals surface area contributed by atoms with Crippen molar-refractivity contribution in [1.82, 2.24) is 0 Å². The van der Waals surface area contributed by atoms with Gasteiger partial charge in [-0.05, 0) is 13.0 Å². The monoisotopic (exact) mass is 279 g/mol. The second kappa shape index (κ2) is 4.74. The van der Waals surface area contributed by atoms with Crippen LogP contribution in [0.4, 0.5) is 5.69 Å². The molecule has 0 bridgehead atoms. The van der Waals surface area contributed by atoms with Gasteiger partial charge in [0.25, 0.3) is 5.69 Å². The molecule has 0 amide bonds. The second-order valence-corrected chi connectivity index (χ2v) is 4.09. The minimum atomic E-state index is -1.48. The van der Waals surface area contributed by atoms with Crippen LogP contribution in [0.3, 0.4) is 0 Å². The van der Waals surface area contributed by atoms with Crippen LogP contribution in [0.15, 0.2) is 21.3 Å². The average Bonchev–Trinajstić information content (AvgIpc) is 2.38. The third-order valence-electron chi connectivity index (χ3n) is 2.96. The molecule has 0 aliphatic rings. The lowest BCUT2D eigenvalue weighted by molar-refractivity contribution is -0.385. The van der Waals surface area contributed by atoms with E-state index >= 15 is 0 Å². The molecule has 0 atom stereocenters. The minimum Gasteiger partial charge on any atom is -0.477 e. The molecule has 2 N–H and O–H groups in total. The molecule has 0 unspecified atom stereocenters. The molecule has 0 aliphatic heterocycles. The summed E-state index contributed by atoms with van der Waals surface area (Å²) in [7, 11) is 0. The summed E-state index contributed by atoms with van der Waals surface area (Å²) in [5, 5.41) is 29.1. The number of aromatic carboxylic acids is 1. The van der Waals surface area contributed by atoms with E-state index in [1.165, 1.54) is 6.92 Å². The number of carboxylic acids is 1. The predicted octanol–water partition coefficient (Wildman–Crippen LogP) is 1.20. The molecule has 8 nitrogen and oxygen atoms in total.